The first-order valence-electron chi connectivity index (χ1n) is 7.45. The zero-order valence-electron chi connectivity index (χ0n) is 12.2. The van der Waals surface area contributed by atoms with Gasteiger partial charge in [-0.2, -0.15) is 11.3 Å². The molecule has 5 heteroatoms. The summed E-state index contributed by atoms with van der Waals surface area (Å²) in [5.41, 5.74) is 0.927. The number of amides is 1. The molecule has 3 rings (SSSR count). The number of allylic oxidation sites excluding steroid dienone is 2. The van der Waals surface area contributed by atoms with Crippen LogP contribution < -0.4 is 5.32 Å². The van der Waals surface area contributed by atoms with Gasteiger partial charge < -0.3 is 10.4 Å². The van der Waals surface area contributed by atoms with Gasteiger partial charge in [-0.1, -0.05) is 12.2 Å². The molecule has 116 valence electrons. The summed E-state index contributed by atoms with van der Waals surface area (Å²) in [6, 6.07) is 5.86. The molecule has 0 fully saturated rings. The molecule has 0 spiro atoms. The average molecular weight is 333 g/mol. The summed E-state index contributed by atoms with van der Waals surface area (Å²) in [6.45, 7) is 0.542. The van der Waals surface area contributed by atoms with Gasteiger partial charge in [-0.05, 0) is 53.8 Å². The molecule has 2 heterocycles. The van der Waals surface area contributed by atoms with Crippen LogP contribution in [0, 0.1) is 5.92 Å². The van der Waals surface area contributed by atoms with E-state index in [0.29, 0.717) is 6.54 Å². The highest BCUT2D eigenvalue weighted by atomic mass is 32.1. The molecule has 2 N–H and O–H groups in total. The zero-order valence-corrected chi connectivity index (χ0v) is 13.8. The Labute approximate surface area is 138 Å². The maximum absolute atomic E-state index is 12.1. The second-order valence-corrected chi connectivity index (χ2v) is 7.44. The summed E-state index contributed by atoms with van der Waals surface area (Å²) >= 11 is 3.14. The highest BCUT2D eigenvalue weighted by Gasteiger charge is 2.19. The molecule has 2 aromatic heterocycles. The van der Waals surface area contributed by atoms with Gasteiger partial charge in [0.15, 0.2) is 0 Å². The first-order valence-corrected chi connectivity index (χ1v) is 9.21. The molecule has 1 aliphatic rings. The summed E-state index contributed by atoms with van der Waals surface area (Å²) in [5.74, 6) is 0.249. The van der Waals surface area contributed by atoms with Gasteiger partial charge in [0.2, 0.25) is 5.91 Å². The second-order valence-electron chi connectivity index (χ2n) is 5.46. The van der Waals surface area contributed by atoms with E-state index in [4.69, 9.17) is 0 Å². The minimum absolute atomic E-state index is 0.112. The molecule has 1 aliphatic carbocycles. The van der Waals surface area contributed by atoms with Gasteiger partial charge in [0.05, 0.1) is 6.54 Å². The topological polar surface area (TPSA) is 49.3 Å². The molecule has 0 radical (unpaired) electrons. The zero-order chi connectivity index (χ0) is 15.4. The van der Waals surface area contributed by atoms with E-state index in [1.807, 2.05) is 29.0 Å². The van der Waals surface area contributed by atoms with Gasteiger partial charge in [0.1, 0.15) is 6.10 Å². The molecule has 0 bridgehead atoms. The molecule has 0 saturated heterocycles. The van der Waals surface area contributed by atoms with Crippen molar-refractivity contribution in [3.8, 4) is 0 Å². The molecule has 0 aliphatic heterocycles. The molecule has 1 amide bonds. The van der Waals surface area contributed by atoms with E-state index in [0.717, 1.165) is 34.6 Å². The normalized spacial score (nSPS) is 19.0. The quantitative estimate of drug-likeness (QED) is 0.816. The third kappa shape index (κ3) is 3.66. The van der Waals surface area contributed by atoms with Crippen LogP contribution in [0.2, 0.25) is 0 Å². The van der Waals surface area contributed by atoms with Crippen LogP contribution in [0.5, 0.6) is 0 Å². The number of carbonyl (C=O) groups excluding carboxylic acids is 1. The van der Waals surface area contributed by atoms with Crippen LogP contribution in [0.3, 0.4) is 0 Å². The molecule has 2 atom stereocenters. The predicted molar refractivity (Wildman–Crippen MR) is 91.0 cm³/mol. The minimum atomic E-state index is -0.566. The highest BCUT2D eigenvalue weighted by molar-refractivity contribution is 7.12. The molecular formula is C17H19NO2S2. The lowest BCUT2D eigenvalue weighted by Crippen LogP contribution is -2.30. The monoisotopic (exact) mass is 333 g/mol. The molecule has 22 heavy (non-hydrogen) atoms. The average Bonchev–Trinajstić information content (AvgIpc) is 3.24. The second kappa shape index (κ2) is 7.22. The number of aliphatic hydroxyl groups is 1. The van der Waals surface area contributed by atoms with Crippen molar-refractivity contribution in [2.45, 2.75) is 31.9 Å². The molecule has 2 aromatic rings. The van der Waals surface area contributed by atoms with E-state index >= 15 is 0 Å². The van der Waals surface area contributed by atoms with E-state index in [1.165, 1.54) is 0 Å². The summed E-state index contributed by atoms with van der Waals surface area (Å²) < 4.78 is 0. The van der Waals surface area contributed by atoms with Crippen molar-refractivity contribution < 1.29 is 9.90 Å². The van der Waals surface area contributed by atoms with Crippen LogP contribution in [0.4, 0.5) is 0 Å². The van der Waals surface area contributed by atoms with Gasteiger partial charge in [-0.3, -0.25) is 4.79 Å². The van der Waals surface area contributed by atoms with Crippen LogP contribution in [0.15, 0.2) is 41.1 Å². The van der Waals surface area contributed by atoms with Crippen molar-refractivity contribution in [3.63, 3.8) is 0 Å². The van der Waals surface area contributed by atoms with Gasteiger partial charge in [-0.15, -0.1) is 11.3 Å². The Hall–Kier alpha value is -1.43. The maximum Gasteiger partial charge on any atom is 0.223 e. The van der Waals surface area contributed by atoms with Crippen LogP contribution >= 0.6 is 22.7 Å². The third-order valence-electron chi connectivity index (χ3n) is 3.89. The summed E-state index contributed by atoms with van der Waals surface area (Å²) in [5, 5.41) is 17.2. The number of hydrogen-bond acceptors (Lipinski definition) is 4. The van der Waals surface area contributed by atoms with E-state index in [9.17, 15) is 9.90 Å². The lowest BCUT2D eigenvalue weighted by molar-refractivity contribution is -0.125. The Morgan fingerprint density at radius 1 is 1.36 bits per heavy atom. The Morgan fingerprint density at radius 2 is 2.27 bits per heavy atom. The number of carbonyl (C=O) groups is 1. The van der Waals surface area contributed by atoms with Crippen molar-refractivity contribution in [1.29, 1.82) is 0 Å². The molecular weight excluding hydrogens is 314 g/mol. The largest absolute Gasteiger partial charge is 0.383 e. The molecule has 0 aromatic carbocycles. The van der Waals surface area contributed by atoms with E-state index in [1.54, 1.807) is 22.7 Å². The van der Waals surface area contributed by atoms with Gasteiger partial charge in [-0.25, -0.2) is 0 Å². The lowest BCUT2D eigenvalue weighted by atomic mass is 9.94. The number of thiophene rings is 2. The van der Waals surface area contributed by atoms with Crippen LogP contribution in [0.25, 0.3) is 0 Å². The third-order valence-corrected chi connectivity index (χ3v) is 5.73. The molecule has 0 saturated carbocycles. The van der Waals surface area contributed by atoms with Crippen molar-refractivity contribution in [1.82, 2.24) is 5.32 Å². The predicted octanol–water partition coefficient (Wildman–Crippen LogP) is 3.86. The number of rotatable bonds is 5. The smallest absolute Gasteiger partial charge is 0.223 e. The van der Waals surface area contributed by atoms with Crippen molar-refractivity contribution in [3.05, 3.63) is 56.4 Å². The Bertz CT molecular complexity index is 645. The summed E-state index contributed by atoms with van der Waals surface area (Å²) in [6.07, 6.45) is 6.45. The fourth-order valence-electron chi connectivity index (χ4n) is 2.58. The number of nitrogens with one attached hydrogen (secondary N) is 1. The van der Waals surface area contributed by atoms with Gasteiger partial charge >= 0.3 is 0 Å². The minimum Gasteiger partial charge on any atom is -0.383 e. The summed E-state index contributed by atoms with van der Waals surface area (Å²) in [4.78, 5) is 14.1. The fraction of sp³-hybridized carbons (Fsp3) is 0.353. The molecule has 3 nitrogen and oxygen atoms in total. The highest BCUT2D eigenvalue weighted by Crippen LogP contribution is 2.29. The van der Waals surface area contributed by atoms with Crippen molar-refractivity contribution in [2.24, 2.45) is 5.92 Å². The fourth-order valence-corrected chi connectivity index (χ4v) is 4.23. The summed E-state index contributed by atoms with van der Waals surface area (Å²) in [7, 11) is 0. The first-order chi connectivity index (χ1) is 10.7. The van der Waals surface area contributed by atoms with E-state index in [-0.39, 0.29) is 11.8 Å². The Morgan fingerprint density at radius 3 is 3.00 bits per heavy atom. The van der Waals surface area contributed by atoms with E-state index < -0.39 is 6.10 Å². The van der Waals surface area contributed by atoms with Crippen molar-refractivity contribution >= 4 is 28.6 Å². The maximum atomic E-state index is 12.1. The Kier molecular flexibility index (Phi) is 5.08. The van der Waals surface area contributed by atoms with Crippen LogP contribution in [0.1, 0.15) is 40.7 Å². The number of aliphatic hydroxyl groups excluding tert-OH is 1. The molecule has 0 unspecified atom stereocenters. The van der Waals surface area contributed by atoms with Crippen LogP contribution in [-0.4, -0.2) is 11.0 Å². The number of hydrogen-bond donors (Lipinski definition) is 2. The Balaban J connectivity index is 1.55. The van der Waals surface area contributed by atoms with Gasteiger partial charge in [0.25, 0.3) is 0 Å². The van der Waals surface area contributed by atoms with Crippen molar-refractivity contribution in [2.75, 3.05) is 0 Å². The van der Waals surface area contributed by atoms with Crippen LogP contribution in [-0.2, 0) is 11.3 Å². The van der Waals surface area contributed by atoms with Gasteiger partial charge in [0, 0.05) is 15.7 Å². The lowest BCUT2D eigenvalue weighted by Gasteiger charge is -2.16. The SMILES string of the molecule is O=C(NCc1ccc([C@@H](O)c2ccsc2)s1)[C@H]1CC=CCC1. The van der Waals surface area contributed by atoms with E-state index in [2.05, 4.69) is 17.5 Å². The standard InChI is InChI=1S/C17H19NO2S2/c19-16(13-8-9-21-11-13)15-7-6-14(22-15)10-18-17(20)12-4-2-1-3-5-12/h1-2,6-9,11-12,16,19H,3-5,10H2,(H,18,20)/t12-,16-/m0/s1. The first kappa shape index (κ1) is 15.5.